The molecule has 2 aliphatic heterocycles. The predicted molar refractivity (Wildman–Crippen MR) is 119 cm³/mol. The number of hydrogen-bond donors (Lipinski definition) is 4. The molecule has 4 aliphatic rings. The van der Waals surface area contributed by atoms with E-state index in [1.54, 1.807) is 6.92 Å². The first-order chi connectivity index (χ1) is 17.1. The van der Waals surface area contributed by atoms with Crippen LogP contribution in [0.25, 0.3) is 10.8 Å². The Hall–Kier alpha value is -4.15. The van der Waals surface area contributed by atoms with Crippen LogP contribution in [0.4, 0.5) is 0 Å². The molecule has 10 nitrogen and oxygen atoms in total. The Morgan fingerprint density at radius 2 is 1.72 bits per heavy atom. The lowest BCUT2D eigenvalue weighted by Crippen LogP contribution is -2.52. The van der Waals surface area contributed by atoms with E-state index in [2.05, 4.69) is 0 Å². The lowest BCUT2D eigenvalue weighted by Gasteiger charge is -2.43. The van der Waals surface area contributed by atoms with Gasteiger partial charge in [0, 0.05) is 23.6 Å². The molecule has 2 heterocycles. The van der Waals surface area contributed by atoms with Gasteiger partial charge < -0.3 is 34.6 Å². The van der Waals surface area contributed by atoms with Gasteiger partial charge in [0.05, 0.1) is 23.0 Å². The minimum atomic E-state index is -1.58. The van der Waals surface area contributed by atoms with Gasteiger partial charge in [-0.15, -0.1) is 0 Å². The zero-order chi connectivity index (χ0) is 25.4. The second-order valence-corrected chi connectivity index (χ2v) is 9.58. The van der Waals surface area contributed by atoms with E-state index in [-0.39, 0.29) is 50.1 Å². The fourth-order valence-corrected chi connectivity index (χ4v) is 6.75. The molecule has 4 N–H and O–H groups in total. The van der Waals surface area contributed by atoms with Gasteiger partial charge in [0.25, 0.3) is 0 Å². The van der Waals surface area contributed by atoms with Gasteiger partial charge in [-0.2, -0.15) is 0 Å². The predicted octanol–water partition coefficient (Wildman–Crippen LogP) is 2.19. The summed E-state index contributed by atoms with van der Waals surface area (Å²) in [6, 6.07) is 4.08. The van der Waals surface area contributed by atoms with Gasteiger partial charge in [-0.25, -0.2) is 9.59 Å². The van der Waals surface area contributed by atoms with E-state index >= 15 is 0 Å². The molecule has 7 rings (SSSR count). The van der Waals surface area contributed by atoms with E-state index in [9.17, 15) is 34.8 Å². The molecular formula is C26H18O10. The van der Waals surface area contributed by atoms with Crippen LogP contribution >= 0.6 is 0 Å². The van der Waals surface area contributed by atoms with Crippen LogP contribution in [0.3, 0.4) is 0 Å². The van der Waals surface area contributed by atoms with Gasteiger partial charge in [-0.3, -0.25) is 4.79 Å². The highest BCUT2D eigenvalue weighted by Gasteiger charge is 2.66. The maximum Gasteiger partial charge on any atom is 0.345 e. The summed E-state index contributed by atoms with van der Waals surface area (Å²) in [5.41, 5.74) is -0.918. The van der Waals surface area contributed by atoms with Crippen LogP contribution in [-0.4, -0.2) is 58.0 Å². The number of cyclic esters (lactones) is 2. The van der Waals surface area contributed by atoms with Crippen molar-refractivity contribution in [3.8, 4) is 17.2 Å². The molecule has 2 bridgehead atoms. The summed E-state index contributed by atoms with van der Waals surface area (Å²) in [6.07, 6.45) is -2.80. The van der Waals surface area contributed by atoms with Gasteiger partial charge in [-0.1, -0.05) is 6.07 Å². The number of carbonyl (C=O) groups excluding carboxylic acids is 3. The number of phenols is 3. The third-order valence-electron chi connectivity index (χ3n) is 8.06. The van der Waals surface area contributed by atoms with Crippen LogP contribution in [-0.2, 0) is 19.6 Å². The quantitative estimate of drug-likeness (QED) is 0.372. The Labute approximate surface area is 202 Å². The third-order valence-corrected chi connectivity index (χ3v) is 8.06. The summed E-state index contributed by atoms with van der Waals surface area (Å²) < 4.78 is 16.1. The van der Waals surface area contributed by atoms with E-state index in [1.165, 1.54) is 25.3 Å². The molecule has 4 atom stereocenters. The number of rotatable bonds is 1. The smallest absolute Gasteiger partial charge is 0.345 e. The van der Waals surface area contributed by atoms with Gasteiger partial charge in [-0.05, 0) is 41.1 Å². The average Bonchev–Trinajstić information content (AvgIpc) is 3.02. The van der Waals surface area contributed by atoms with Crippen LogP contribution in [0, 0.1) is 6.92 Å². The van der Waals surface area contributed by atoms with Crippen LogP contribution in [0.2, 0.25) is 0 Å². The van der Waals surface area contributed by atoms with Crippen molar-refractivity contribution in [3.05, 3.63) is 62.7 Å². The fourth-order valence-electron chi connectivity index (χ4n) is 6.75. The van der Waals surface area contributed by atoms with Crippen LogP contribution < -0.4 is 0 Å². The van der Waals surface area contributed by atoms with Crippen molar-refractivity contribution >= 4 is 28.5 Å². The summed E-state index contributed by atoms with van der Waals surface area (Å²) in [7, 11) is 1.27. The lowest BCUT2D eigenvalue weighted by atomic mass is 9.63. The molecule has 0 saturated carbocycles. The van der Waals surface area contributed by atoms with Crippen LogP contribution in [0.1, 0.15) is 71.1 Å². The highest BCUT2D eigenvalue weighted by atomic mass is 16.7. The van der Waals surface area contributed by atoms with Crippen LogP contribution in [0.15, 0.2) is 18.2 Å². The van der Waals surface area contributed by atoms with E-state index in [0.717, 1.165) is 0 Å². The summed E-state index contributed by atoms with van der Waals surface area (Å²) >= 11 is 0. The number of ketones is 1. The van der Waals surface area contributed by atoms with E-state index < -0.39 is 59.6 Å². The van der Waals surface area contributed by atoms with Gasteiger partial charge in [0.2, 0.25) is 6.29 Å². The molecule has 0 amide bonds. The van der Waals surface area contributed by atoms with Gasteiger partial charge in [0.15, 0.2) is 5.78 Å². The third kappa shape index (κ3) is 2.02. The van der Waals surface area contributed by atoms with Crippen molar-refractivity contribution in [1.82, 2.24) is 0 Å². The Kier molecular flexibility index (Phi) is 3.73. The molecule has 3 aromatic rings. The summed E-state index contributed by atoms with van der Waals surface area (Å²) in [5, 5.41) is 45.1. The SMILES string of the molecule is COC1OC(=O)c2c(O)ccc3c4c(c(O)c1c23)[C@]12COC(=O)c3c(O)cc(C)c(c31)C(=O)[C@H]4[C@@H]2O. The highest BCUT2D eigenvalue weighted by Crippen LogP contribution is 2.65. The van der Waals surface area contributed by atoms with Crippen molar-refractivity contribution < 1.29 is 49.0 Å². The number of aryl methyl sites for hydroxylation is 1. The molecule has 0 fully saturated rings. The Morgan fingerprint density at radius 1 is 0.972 bits per heavy atom. The first kappa shape index (κ1) is 21.2. The second kappa shape index (κ2) is 6.34. The molecule has 1 spiro atoms. The number of Topliss-reactive ketones (excluding diaryl/α,β-unsaturated/α-hetero) is 1. The van der Waals surface area contributed by atoms with Crippen molar-refractivity contribution in [2.75, 3.05) is 13.7 Å². The molecule has 182 valence electrons. The molecule has 10 heteroatoms. The monoisotopic (exact) mass is 490 g/mol. The molecular weight excluding hydrogens is 472 g/mol. The molecule has 3 aromatic carbocycles. The summed E-state index contributed by atoms with van der Waals surface area (Å²) in [4.78, 5) is 39.5. The zero-order valence-electron chi connectivity index (χ0n) is 18.9. The minimum absolute atomic E-state index is 0.0372. The Bertz CT molecular complexity index is 1640. The number of aliphatic hydroxyl groups excluding tert-OH is 1. The molecule has 1 unspecified atom stereocenters. The van der Waals surface area contributed by atoms with E-state index in [4.69, 9.17) is 14.2 Å². The zero-order valence-corrected chi connectivity index (χ0v) is 18.9. The standard InChI is InChI=1S/C26H18O10/c1-7-5-10(28)15-18-11(7)20(29)16-13-8-3-4-9(27)14-12(8)17(25(34-2)36-24(14)33)21(30)19(13)26(18,22(16)31)6-35-23(15)32/h3-5,16,22,25,27-28,30-31H,6H2,1-2H3/t16-,22-,25?,26-/m0/s1. The minimum Gasteiger partial charge on any atom is -0.507 e. The number of aromatic hydroxyl groups is 3. The first-order valence-electron chi connectivity index (χ1n) is 11.2. The highest BCUT2D eigenvalue weighted by molar-refractivity contribution is 6.17. The number of benzene rings is 3. The normalized spacial score (nSPS) is 27.0. The maximum absolute atomic E-state index is 13.9. The molecule has 36 heavy (non-hydrogen) atoms. The van der Waals surface area contributed by atoms with Gasteiger partial charge in [0.1, 0.15) is 35.0 Å². The number of fused-ring (bicyclic) bond motifs is 4. The molecule has 0 aromatic heterocycles. The number of esters is 2. The number of methoxy groups -OCH3 is 1. The fraction of sp³-hybridized carbons (Fsp3) is 0.269. The van der Waals surface area contributed by atoms with Crippen LogP contribution in [0.5, 0.6) is 17.2 Å². The largest absolute Gasteiger partial charge is 0.507 e. The van der Waals surface area contributed by atoms with E-state index in [0.29, 0.717) is 10.9 Å². The number of ether oxygens (including phenoxy) is 3. The molecule has 0 radical (unpaired) electrons. The Balaban J connectivity index is 1.74. The van der Waals surface area contributed by atoms with Gasteiger partial charge >= 0.3 is 11.9 Å². The van der Waals surface area contributed by atoms with Crippen molar-refractivity contribution in [2.45, 2.75) is 30.7 Å². The molecule has 2 aliphatic carbocycles. The van der Waals surface area contributed by atoms with E-state index in [1.807, 2.05) is 0 Å². The first-order valence-corrected chi connectivity index (χ1v) is 11.2. The van der Waals surface area contributed by atoms with Crippen molar-refractivity contribution in [1.29, 1.82) is 0 Å². The number of carbonyl (C=O) groups is 3. The number of aliphatic hydroxyl groups is 1. The lowest BCUT2D eigenvalue weighted by molar-refractivity contribution is -0.0951. The summed E-state index contributed by atoms with van der Waals surface area (Å²) in [5.74, 6) is -4.59. The average molecular weight is 490 g/mol. The summed E-state index contributed by atoms with van der Waals surface area (Å²) in [6.45, 7) is 1.22. The number of phenolic OH excluding ortho intramolecular Hbond substituents is 3. The topological polar surface area (TPSA) is 160 Å². The van der Waals surface area contributed by atoms with Crippen molar-refractivity contribution in [2.24, 2.45) is 0 Å². The Morgan fingerprint density at radius 3 is 2.44 bits per heavy atom. The second-order valence-electron chi connectivity index (χ2n) is 9.58. The maximum atomic E-state index is 13.9. The molecule has 0 saturated heterocycles. The van der Waals surface area contributed by atoms with Crippen molar-refractivity contribution in [3.63, 3.8) is 0 Å². The number of hydrogen-bond acceptors (Lipinski definition) is 10.